The minimum absolute atomic E-state index is 0.139. The maximum Gasteiger partial charge on any atom is 0.335 e. The highest BCUT2D eigenvalue weighted by atomic mass is 16.4. The van der Waals surface area contributed by atoms with Crippen LogP contribution in [0.3, 0.4) is 0 Å². The predicted molar refractivity (Wildman–Crippen MR) is 82.5 cm³/mol. The zero-order valence-electron chi connectivity index (χ0n) is 13.0. The molecule has 0 radical (unpaired) electrons. The Kier molecular flexibility index (Phi) is 6.88. The highest BCUT2D eigenvalue weighted by molar-refractivity contribution is 5.89. The predicted octanol–water partition coefficient (Wildman–Crippen LogP) is 1.73. The van der Waals surface area contributed by atoms with Gasteiger partial charge >= 0.3 is 5.97 Å². The van der Waals surface area contributed by atoms with Crippen LogP contribution in [0.1, 0.15) is 28.8 Å². The van der Waals surface area contributed by atoms with E-state index in [1.54, 1.807) is 31.1 Å². The Morgan fingerprint density at radius 3 is 2.38 bits per heavy atom. The van der Waals surface area contributed by atoms with Gasteiger partial charge in [0.05, 0.1) is 5.56 Å². The number of benzene rings is 1. The molecular formula is C16H24N2O3. The van der Waals surface area contributed by atoms with E-state index in [9.17, 15) is 9.59 Å². The first kappa shape index (κ1) is 17.2. The van der Waals surface area contributed by atoms with Gasteiger partial charge in [0, 0.05) is 27.1 Å². The monoisotopic (exact) mass is 292 g/mol. The van der Waals surface area contributed by atoms with E-state index >= 15 is 0 Å². The van der Waals surface area contributed by atoms with E-state index in [4.69, 9.17) is 5.11 Å². The lowest BCUT2D eigenvalue weighted by atomic mass is 10.0. The van der Waals surface area contributed by atoms with E-state index in [0.29, 0.717) is 18.4 Å². The number of aromatic carboxylic acids is 1. The Hall–Kier alpha value is -1.88. The van der Waals surface area contributed by atoms with Crippen LogP contribution in [0.2, 0.25) is 0 Å². The molecule has 0 heterocycles. The van der Waals surface area contributed by atoms with Crippen molar-refractivity contribution in [2.75, 3.05) is 34.2 Å². The molecule has 0 fully saturated rings. The fourth-order valence-electron chi connectivity index (χ4n) is 2.09. The number of carbonyl (C=O) groups is 2. The van der Waals surface area contributed by atoms with Crippen LogP contribution in [0.25, 0.3) is 0 Å². The Morgan fingerprint density at radius 1 is 1.10 bits per heavy atom. The third-order valence-electron chi connectivity index (χ3n) is 3.44. The molecule has 1 N–H and O–H groups in total. The molecule has 0 aliphatic heterocycles. The van der Waals surface area contributed by atoms with Crippen LogP contribution < -0.4 is 0 Å². The second-order valence-corrected chi connectivity index (χ2v) is 5.41. The summed E-state index contributed by atoms with van der Waals surface area (Å²) in [5, 5.41) is 9.13. The molecule has 5 heteroatoms. The lowest BCUT2D eigenvalue weighted by Crippen LogP contribution is -2.26. The molecule has 116 valence electrons. The van der Waals surface area contributed by atoms with Crippen LogP contribution in [-0.2, 0) is 11.2 Å². The standard InChI is InChI=1S/C16H24N2O3/c1-17(2)15(19)9-6-11-18(3)12-10-13-7-4-5-8-14(13)16(20)21/h4-5,7-8H,6,9-12H2,1-3H3,(H,20,21). The third-order valence-corrected chi connectivity index (χ3v) is 3.44. The van der Waals surface area contributed by atoms with Gasteiger partial charge < -0.3 is 14.9 Å². The van der Waals surface area contributed by atoms with Crippen molar-refractivity contribution in [3.63, 3.8) is 0 Å². The average Bonchev–Trinajstić information content (AvgIpc) is 2.45. The summed E-state index contributed by atoms with van der Waals surface area (Å²) in [7, 11) is 5.51. The summed E-state index contributed by atoms with van der Waals surface area (Å²) in [6, 6.07) is 7.08. The normalized spacial score (nSPS) is 10.7. The van der Waals surface area contributed by atoms with Crippen molar-refractivity contribution in [3.05, 3.63) is 35.4 Å². The van der Waals surface area contributed by atoms with Crippen molar-refractivity contribution in [1.82, 2.24) is 9.80 Å². The summed E-state index contributed by atoms with van der Waals surface area (Å²) in [5.41, 5.74) is 1.22. The van der Waals surface area contributed by atoms with Gasteiger partial charge in [0.1, 0.15) is 0 Å². The number of carboxylic acid groups (broad SMARTS) is 1. The summed E-state index contributed by atoms with van der Waals surface area (Å²) < 4.78 is 0. The summed E-state index contributed by atoms with van der Waals surface area (Å²) in [6.07, 6.45) is 2.05. The molecule has 0 aliphatic carbocycles. The minimum atomic E-state index is -0.884. The highest BCUT2D eigenvalue weighted by Crippen LogP contribution is 2.10. The zero-order valence-corrected chi connectivity index (χ0v) is 13.0. The first-order valence-electron chi connectivity index (χ1n) is 7.11. The Morgan fingerprint density at radius 2 is 1.76 bits per heavy atom. The molecular weight excluding hydrogens is 268 g/mol. The fourth-order valence-corrected chi connectivity index (χ4v) is 2.09. The summed E-state index contributed by atoms with van der Waals surface area (Å²) in [4.78, 5) is 26.3. The van der Waals surface area contributed by atoms with Crippen molar-refractivity contribution in [1.29, 1.82) is 0 Å². The highest BCUT2D eigenvalue weighted by Gasteiger charge is 2.10. The van der Waals surface area contributed by atoms with Crippen LogP contribution in [0.5, 0.6) is 0 Å². The average molecular weight is 292 g/mol. The number of rotatable bonds is 8. The number of hydrogen-bond acceptors (Lipinski definition) is 3. The van der Waals surface area contributed by atoms with Gasteiger partial charge in [-0.3, -0.25) is 4.79 Å². The van der Waals surface area contributed by atoms with Crippen molar-refractivity contribution >= 4 is 11.9 Å². The van der Waals surface area contributed by atoms with Crippen LogP contribution in [0, 0.1) is 0 Å². The van der Waals surface area contributed by atoms with E-state index in [2.05, 4.69) is 4.90 Å². The van der Waals surface area contributed by atoms with E-state index in [-0.39, 0.29) is 5.91 Å². The molecule has 1 aromatic carbocycles. The van der Waals surface area contributed by atoms with Crippen LogP contribution >= 0.6 is 0 Å². The SMILES string of the molecule is CN(CCCC(=O)N(C)C)CCc1ccccc1C(=O)O. The third kappa shape index (κ3) is 5.95. The molecule has 1 aromatic rings. The van der Waals surface area contributed by atoms with Crippen LogP contribution in [0.4, 0.5) is 0 Å². The summed E-state index contributed by atoms with van der Waals surface area (Å²) in [6.45, 7) is 1.61. The van der Waals surface area contributed by atoms with Crippen LogP contribution in [-0.4, -0.2) is 61.0 Å². The molecule has 0 atom stereocenters. The summed E-state index contributed by atoms with van der Waals surface area (Å²) in [5.74, 6) is -0.746. The van der Waals surface area contributed by atoms with Gasteiger partial charge in [-0.15, -0.1) is 0 Å². The second kappa shape index (κ2) is 8.42. The number of carbonyl (C=O) groups excluding carboxylic acids is 1. The Balaban J connectivity index is 2.38. The van der Waals surface area contributed by atoms with Crippen molar-refractivity contribution in [2.24, 2.45) is 0 Å². The molecule has 1 amide bonds. The topological polar surface area (TPSA) is 60.9 Å². The van der Waals surface area contributed by atoms with Crippen molar-refractivity contribution < 1.29 is 14.7 Å². The first-order valence-corrected chi connectivity index (χ1v) is 7.11. The van der Waals surface area contributed by atoms with E-state index in [1.807, 2.05) is 19.2 Å². The lowest BCUT2D eigenvalue weighted by molar-refractivity contribution is -0.128. The van der Waals surface area contributed by atoms with E-state index < -0.39 is 5.97 Å². The molecule has 0 spiro atoms. The molecule has 5 nitrogen and oxygen atoms in total. The molecule has 0 bridgehead atoms. The Labute approximate surface area is 126 Å². The quantitative estimate of drug-likeness (QED) is 0.792. The van der Waals surface area contributed by atoms with Crippen molar-refractivity contribution in [3.8, 4) is 0 Å². The molecule has 0 saturated heterocycles. The van der Waals surface area contributed by atoms with Gasteiger partial charge in [0.2, 0.25) is 5.91 Å². The largest absolute Gasteiger partial charge is 0.478 e. The minimum Gasteiger partial charge on any atom is -0.478 e. The molecule has 0 aliphatic rings. The van der Waals surface area contributed by atoms with E-state index in [0.717, 1.165) is 25.1 Å². The van der Waals surface area contributed by atoms with Gasteiger partial charge in [0.25, 0.3) is 0 Å². The number of likely N-dealkylation sites (N-methyl/N-ethyl adjacent to an activating group) is 1. The summed E-state index contributed by atoms with van der Waals surface area (Å²) >= 11 is 0. The zero-order chi connectivity index (χ0) is 15.8. The smallest absolute Gasteiger partial charge is 0.335 e. The maximum absolute atomic E-state index is 11.5. The molecule has 0 saturated carbocycles. The first-order chi connectivity index (χ1) is 9.91. The lowest BCUT2D eigenvalue weighted by Gasteiger charge is -2.17. The van der Waals surface area contributed by atoms with Crippen molar-refractivity contribution in [2.45, 2.75) is 19.3 Å². The number of carboxylic acids is 1. The van der Waals surface area contributed by atoms with E-state index in [1.165, 1.54) is 0 Å². The second-order valence-electron chi connectivity index (χ2n) is 5.41. The van der Waals surface area contributed by atoms with Gasteiger partial charge in [-0.25, -0.2) is 4.79 Å². The molecule has 0 unspecified atom stereocenters. The van der Waals surface area contributed by atoms with Crippen LogP contribution in [0.15, 0.2) is 24.3 Å². The maximum atomic E-state index is 11.5. The van der Waals surface area contributed by atoms with Gasteiger partial charge in [-0.1, -0.05) is 18.2 Å². The fraction of sp³-hybridized carbons (Fsp3) is 0.500. The Bertz CT molecular complexity index is 486. The van der Waals surface area contributed by atoms with Gasteiger partial charge in [-0.2, -0.15) is 0 Å². The molecule has 0 aromatic heterocycles. The van der Waals surface area contributed by atoms with Gasteiger partial charge in [-0.05, 0) is 38.1 Å². The van der Waals surface area contributed by atoms with Gasteiger partial charge in [0.15, 0.2) is 0 Å². The molecule has 21 heavy (non-hydrogen) atoms. The number of amides is 1. The number of hydrogen-bond donors (Lipinski definition) is 1. The number of nitrogens with zero attached hydrogens (tertiary/aromatic N) is 2. The molecule has 1 rings (SSSR count).